The summed E-state index contributed by atoms with van der Waals surface area (Å²) in [6.07, 6.45) is 8.30. The van der Waals surface area contributed by atoms with Gasteiger partial charge in [0.2, 0.25) is 5.88 Å². The lowest BCUT2D eigenvalue weighted by molar-refractivity contribution is 0.352. The Labute approximate surface area is 149 Å². The number of aryl methyl sites for hydroxylation is 1. The molecular formula is C20H29N3O2. The maximum Gasteiger partial charge on any atom is 0.255 e. The van der Waals surface area contributed by atoms with Crippen molar-refractivity contribution in [3.63, 3.8) is 0 Å². The van der Waals surface area contributed by atoms with E-state index in [1.54, 1.807) is 13.0 Å². The second-order valence-corrected chi connectivity index (χ2v) is 7.06. The van der Waals surface area contributed by atoms with Crippen molar-refractivity contribution >= 4 is 0 Å². The highest BCUT2D eigenvalue weighted by Gasteiger charge is 2.35. The number of pyridine rings is 1. The molecule has 1 aromatic rings. The van der Waals surface area contributed by atoms with Crippen molar-refractivity contribution in [3.8, 4) is 11.8 Å². The van der Waals surface area contributed by atoms with E-state index < -0.39 is 0 Å². The predicted octanol–water partition coefficient (Wildman–Crippen LogP) is 4.24. The Bertz CT molecular complexity index is 727. The summed E-state index contributed by atoms with van der Waals surface area (Å²) < 4.78 is 5.56. The van der Waals surface area contributed by atoms with Crippen LogP contribution in [-0.2, 0) is 0 Å². The second kappa shape index (κ2) is 8.75. The van der Waals surface area contributed by atoms with Crippen molar-refractivity contribution in [3.05, 3.63) is 39.1 Å². The van der Waals surface area contributed by atoms with E-state index in [9.17, 15) is 10.1 Å². The minimum absolute atomic E-state index is 0.125. The standard InChI is InChI=1S/C20H29N3O2/c1-4-5-6-7-8-9-10-13(2)17-15(12-21)19(22)25-16-11-14(3)23-20(24)18(16)17/h11,13,17H,4-10,22H2,1-3H3,(H,23,24)/t13-,17+/m1/s1. The Morgan fingerprint density at radius 1 is 1.32 bits per heavy atom. The molecule has 0 aromatic carbocycles. The van der Waals surface area contributed by atoms with Crippen LogP contribution in [0.5, 0.6) is 5.75 Å². The van der Waals surface area contributed by atoms with Gasteiger partial charge in [-0.1, -0.05) is 52.4 Å². The molecular weight excluding hydrogens is 314 g/mol. The number of nitrogens with two attached hydrogens (primary N) is 1. The van der Waals surface area contributed by atoms with Crippen LogP contribution in [0.3, 0.4) is 0 Å². The van der Waals surface area contributed by atoms with Gasteiger partial charge >= 0.3 is 0 Å². The third-order valence-electron chi connectivity index (χ3n) is 4.98. The third kappa shape index (κ3) is 4.45. The first-order valence-electron chi connectivity index (χ1n) is 9.31. The number of fused-ring (bicyclic) bond motifs is 1. The molecule has 5 heteroatoms. The van der Waals surface area contributed by atoms with Gasteiger partial charge in [-0.05, 0) is 19.3 Å². The minimum Gasteiger partial charge on any atom is -0.440 e. The van der Waals surface area contributed by atoms with E-state index in [0.717, 1.165) is 18.5 Å². The van der Waals surface area contributed by atoms with Gasteiger partial charge in [-0.15, -0.1) is 0 Å². The molecule has 0 unspecified atom stereocenters. The summed E-state index contributed by atoms with van der Waals surface area (Å²) in [6, 6.07) is 3.94. The van der Waals surface area contributed by atoms with Gasteiger partial charge in [0.15, 0.2) is 0 Å². The summed E-state index contributed by atoms with van der Waals surface area (Å²) in [6.45, 7) is 6.11. The van der Waals surface area contributed by atoms with Crippen molar-refractivity contribution < 1.29 is 4.74 Å². The Hall–Kier alpha value is -2.22. The fraction of sp³-hybridized carbons (Fsp3) is 0.600. The summed E-state index contributed by atoms with van der Waals surface area (Å²) in [5.74, 6) is 0.469. The highest BCUT2D eigenvalue weighted by molar-refractivity contribution is 5.49. The number of H-pyrrole nitrogens is 1. The van der Waals surface area contributed by atoms with Crippen LogP contribution in [0.25, 0.3) is 0 Å². The number of aromatic nitrogens is 1. The molecule has 0 bridgehead atoms. The van der Waals surface area contributed by atoms with Crippen LogP contribution in [0.4, 0.5) is 0 Å². The number of hydrogen-bond donors (Lipinski definition) is 2. The number of rotatable bonds is 8. The van der Waals surface area contributed by atoms with Gasteiger partial charge in [0.25, 0.3) is 5.56 Å². The van der Waals surface area contributed by atoms with Crippen LogP contribution in [0.1, 0.15) is 76.0 Å². The zero-order valence-electron chi connectivity index (χ0n) is 15.5. The van der Waals surface area contributed by atoms with Crippen molar-refractivity contribution in [2.75, 3.05) is 0 Å². The lowest BCUT2D eigenvalue weighted by Crippen LogP contribution is -2.30. The maximum absolute atomic E-state index is 12.5. The quantitative estimate of drug-likeness (QED) is 0.691. The van der Waals surface area contributed by atoms with Crippen molar-refractivity contribution in [2.24, 2.45) is 11.7 Å². The molecule has 1 aliphatic heterocycles. The number of unbranched alkanes of at least 4 members (excludes halogenated alkanes) is 5. The van der Waals surface area contributed by atoms with Crippen LogP contribution >= 0.6 is 0 Å². The molecule has 2 atom stereocenters. The highest BCUT2D eigenvalue weighted by Crippen LogP contribution is 2.41. The smallest absolute Gasteiger partial charge is 0.255 e. The molecule has 5 nitrogen and oxygen atoms in total. The number of nitrogens with one attached hydrogen (secondary N) is 1. The van der Waals surface area contributed by atoms with Crippen LogP contribution in [-0.4, -0.2) is 4.98 Å². The van der Waals surface area contributed by atoms with Gasteiger partial charge < -0.3 is 15.5 Å². The number of nitrogens with zero attached hydrogens (tertiary/aromatic N) is 1. The fourth-order valence-corrected chi connectivity index (χ4v) is 3.63. The minimum atomic E-state index is -0.297. The first-order valence-corrected chi connectivity index (χ1v) is 9.31. The summed E-state index contributed by atoms with van der Waals surface area (Å²) in [4.78, 5) is 15.3. The number of aromatic amines is 1. The molecule has 0 amide bonds. The maximum atomic E-state index is 12.5. The fourth-order valence-electron chi connectivity index (χ4n) is 3.63. The number of hydrogen-bond acceptors (Lipinski definition) is 4. The average molecular weight is 343 g/mol. The topological polar surface area (TPSA) is 91.9 Å². The molecule has 0 spiro atoms. The number of nitriles is 1. The first kappa shape index (κ1) is 19.1. The van der Waals surface area contributed by atoms with Gasteiger partial charge in [0.1, 0.15) is 11.8 Å². The molecule has 1 aromatic heterocycles. The Morgan fingerprint density at radius 3 is 2.68 bits per heavy atom. The van der Waals surface area contributed by atoms with Gasteiger partial charge in [-0.25, -0.2) is 0 Å². The highest BCUT2D eigenvalue weighted by atomic mass is 16.5. The van der Waals surface area contributed by atoms with Crippen LogP contribution in [0.2, 0.25) is 0 Å². The van der Waals surface area contributed by atoms with Crippen molar-refractivity contribution in [2.45, 2.75) is 71.6 Å². The van der Waals surface area contributed by atoms with Gasteiger partial charge in [0, 0.05) is 17.7 Å². The zero-order valence-corrected chi connectivity index (χ0v) is 15.5. The summed E-state index contributed by atoms with van der Waals surface area (Å²) in [5.41, 5.74) is 7.41. The van der Waals surface area contributed by atoms with Gasteiger partial charge in [-0.2, -0.15) is 5.26 Å². The van der Waals surface area contributed by atoms with Crippen LogP contribution in [0, 0.1) is 24.2 Å². The first-order chi connectivity index (χ1) is 12.0. The molecule has 0 aliphatic carbocycles. The molecule has 0 saturated carbocycles. The Kier molecular flexibility index (Phi) is 6.69. The van der Waals surface area contributed by atoms with Gasteiger partial charge in [-0.3, -0.25) is 4.79 Å². The molecule has 3 N–H and O–H groups in total. The Morgan fingerprint density at radius 2 is 2.00 bits per heavy atom. The average Bonchev–Trinajstić information content (AvgIpc) is 2.56. The molecule has 0 fully saturated rings. The molecule has 0 radical (unpaired) electrons. The van der Waals surface area contributed by atoms with E-state index in [4.69, 9.17) is 10.5 Å². The van der Waals surface area contributed by atoms with Crippen molar-refractivity contribution in [1.29, 1.82) is 5.26 Å². The molecule has 2 heterocycles. The number of allylic oxidation sites excluding steroid dienone is 1. The molecule has 1 aliphatic rings. The van der Waals surface area contributed by atoms with Crippen molar-refractivity contribution in [1.82, 2.24) is 4.98 Å². The third-order valence-corrected chi connectivity index (χ3v) is 4.98. The monoisotopic (exact) mass is 343 g/mol. The van der Waals surface area contributed by atoms with E-state index >= 15 is 0 Å². The second-order valence-electron chi connectivity index (χ2n) is 7.06. The van der Waals surface area contributed by atoms with Gasteiger partial charge in [0.05, 0.1) is 11.1 Å². The zero-order chi connectivity index (χ0) is 18.4. The number of ether oxygens (including phenoxy) is 1. The molecule has 0 saturated heterocycles. The van der Waals surface area contributed by atoms with Crippen LogP contribution in [0.15, 0.2) is 22.3 Å². The van der Waals surface area contributed by atoms with E-state index in [-0.39, 0.29) is 23.3 Å². The van der Waals surface area contributed by atoms with E-state index in [2.05, 4.69) is 24.9 Å². The predicted molar refractivity (Wildman–Crippen MR) is 99.2 cm³/mol. The van der Waals surface area contributed by atoms with E-state index in [1.165, 1.54) is 32.1 Å². The lowest BCUT2D eigenvalue weighted by Gasteiger charge is -2.29. The largest absolute Gasteiger partial charge is 0.440 e. The van der Waals surface area contributed by atoms with E-state index in [1.807, 2.05) is 0 Å². The summed E-state index contributed by atoms with van der Waals surface area (Å²) in [5, 5.41) is 9.54. The molecule has 25 heavy (non-hydrogen) atoms. The SMILES string of the molecule is CCCCCCCC[C@@H](C)[C@H]1C(C#N)=C(N)Oc2cc(C)[nH]c(=O)c21. The molecule has 136 valence electrons. The Balaban J connectivity index is 2.17. The molecule has 2 rings (SSSR count). The summed E-state index contributed by atoms with van der Waals surface area (Å²) >= 11 is 0. The van der Waals surface area contributed by atoms with Crippen LogP contribution < -0.4 is 16.0 Å². The lowest BCUT2D eigenvalue weighted by atomic mass is 9.78. The normalized spacial score (nSPS) is 17.6. The van der Waals surface area contributed by atoms with E-state index in [0.29, 0.717) is 16.9 Å². The summed E-state index contributed by atoms with van der Waals surface area (Å²) in [7, 11) is 0.